The van der Waals surface area contributed by atoms with Crippen LogP contribution >= 0.6 is 0 Å². The average molecular weight is 310 g/mol. The number of anilines is 1. The number of hydrogen-bond donors (Lipinski definition) is 1. The van der Waals surface area contributed by atoms with Crippen LogP contribution in [0.25, 0.3) is 10.9 Å². The number of pyridine rings is 1. The third kappa shape index (κ3) is 3.13. The van der Waals surface area contributed by atoms with Crippen molar-refractivity contribution in [3.05, 3.63) is 76.3 Å². The Morgan fingerprint density at radius 3 is 2.57 bits per heavy atom. The first kappa shape index (κ1) is 15.0. The second-order valence-electron chi connectivity index (χ2n) is 5.33. The van der Waals surface area contributed by atoms with E-state index in [0.717, 1.165) is 5.39 Å². The molecule has 0 bridgehead atoms. The lowest BCUT2D eigenvalue weighted by atomic mass is 10.1. The van der Waals surface area contributed by atoms with Crippen molar-refractivity contribution in [1.29, 1.82) is 0 Å². The number of para-hydroxylation sites is 1. The number of carbonyl (C=O) groups excluding carboxylic acids is 1. The van der Waals surface area contributed by atoms with E-state index in [1.807, 2.05) is 24.3 Å². The highest BCUT2D eigenvalue weighted by atomic mass is 19.1. The Balaban J connectivity index is 1.91. The molecule has 116 valence electrons. The molecular weight excluding hydrogens is 295 g/mol. The van der Waals surface area contributed by atoms with Crippen LogP contribution in [0.4, 0.5) is 10.1 Å². The Morgan fingerprint density at radius 2 is 1.83 bits per heavy atom. The quantitative estimate of drug-likeness (QED) is 0.808. The van der Waals surface area contributed by atoms with Crippen LogP contribution in [0, 0.1) is 12.7 Å². The summed E-state index contributed by atoms with van der Waals surface area (Å²) in [5.41, 5.74) is 1.58. The van der Waals surface area contributed by atoms with Crippen LogP contribution < -0.4 is 10.9 Å². The molecule has 1 N–H and O–H groups in total. The van der Waals surface area contributed by atoms with Gasteiger partial charge in [-0.05, 0) is 48.7 Å². The summed E-state index contributed by atoms with van der Waals surface area (Å²) in [6.45, 7) is 1.63. The topological polar surface area (TPSA) is 51.1 Å². The van der Waals surface area contributed by atoms with E-state index in [4.69, 9.17) is 0 Å². The predicted octanol–water partition coefficient (Wildman–Crippen LogP) is 3.09. The lowest BCUT2D eigenvalue weighted by molar-refractivity contribution is -0.116. The molecule has 23 heavy (non-hydrogen) atoms. The van der Waals surface area contributed by atoms with Gasteiger partial charge in [-0.1, -0.05) is 18.2 Å². The molecule has 3 rings (SSSR count). The lowest BCUT2D eigenvalue weighted by Gasteiger charge is -2.12. The number of rotatable bonds is 3. The maximum atomic E-state index is 12.9. The molecule has 0 spiro atoms. The molecule has 0 saturated heterocycles. The van der Waals surface area contributed by atoms with Gasteiger partial charge in [0.25, 0.3) is 5.56 Å². The van der Waals surface area contributed by atoms with Gasteiger partial charge in [0.1, 0.15) is 12.4 Å². The number of hydrogen-bond acceptors (Lipinski definition) is 2. The minimum atomic E-state index is -0.371. The summed E-state index contributed by atoms with van der Waals surface area (Å²) in [6, 6.07) is 14.7. The standard InChI is InChI=1S/C18H15FN2O2/c1-12-10-13-4-2-3-5-16(13)21(18(12)23)11-17(22)20-15-8-6-14(19)7-9-15/h2-10H,11H2,1H3,(H,20,22). The molecule has 2 aromatic carbocycles. The van der Waals surface area contributed by atoms with Gasteiger partial charge in [-0.15, -0.1) is 0 Å². The first-order chi connectivity index (χ1) is 11.0. The van der Waals surface area contributed by atoms with Crippen molar-refractivity contribution < 1.29 is 9.18 Å². The van der Waals surface area contributed by atoms with Crippen LogP contribution in [0.15, 0.2) is 59.4 Å². The molecule has 3 aromatic rings. The summed E-state index contributed by atoms with van der Waals surface area (Å²) in [5.74, 6) is -0.710. The average Bonchev–Trinajstić information content (AvgIpc) is 2.54. The Labute approximate surface area is 132 Å². The van der Waals surface area contributed by atoms with E-state index in [9.17, 15) is 14.0 Å². The maximum Gasteiger partial charge on any atom is 0.254 e. The van der Waals surface area contributed by atoms with Crippen LogP contribution in [0.5, 0.6) is 0 Å². The third-order valence-corrected chi connectivity index (χ3v) is 3.61. The zero-order valence-corrected chi connectivity index (χ0v) is 12.5. The molecule has 0 radical (unpaired) electrons. The number of aromatic nitrogens is 1. The molecular formula is C18H15FN2O2. The van der Waals surface area contributed by atoms with Crippen LogP contribution in [-0.2, 0) is 11.3 Å². The molecule has 0 saturated carbocycles. The molecule has 0 aliphatic rings. The van der Waals surface area contributed by atoms with Crippen molar-refractivity contribution in [3.8, 4) is 0 Å². The van der Waals surface area contributed by atoms with Crippen molar-refractivity contribution >= 4 is 22.5 Å². The van der Waals surface area contributed by atoms with Gasteiger partial charge in [-0.3, -0.25) is 14.2 Å². The minimum Gasteiger partial charge on any atom is -0.325 e. The number of nitrogens with one attached hydrogen (secondary N) is 1. The first-order valence-electron chi connectivity index (χ1n) is 7.19. The fourth-order valence-electron chi connectivity index (χ4n) is 2.51. The second-order valence-corrected chi connectivity index (χ2v) is 5.33. The summed E-state index contributed by atoms with van der Waals surface area (Å²) in [5, 5.41) is 3.57. The van der Waals surface area contributed by atoms with Gasteiger partial charge in [-0.25, -0.2) is 4.39 Å². The van der Waals surface area contributed by atoms with Gasteiger partial charge in [-0.2, -0.15) is 0 Å². The van der Waals surface area contributed by atoms with Gasteiger partial charge >= 0.3 is 0 Å². The fourth-order valence-corrected chi connectivity index (χ4v) is 2.51. The van der Waals surface area contributed by atoms with Crippen molar-refractivity contribution in [2.24, 2.45) is 0 Å². The van der Waals surface area contributed by atoms with Crippen molar-refractivity contribution in [1.82, 2.24) is 4.57 Å². The minimum absolute atomic E-state index is 0.0988. The number of halogens is 1. The first-order valence-corrected chi connectivity index (χ1v) is 7.19. The molecule has 0 aliphatic carbocycles. The van der Waals surface area contributed by atoms with Crippen molar-refractivity contribution in [2.45, 2.75) is 13.5 Å². The smallest absolute Gasteiger partial charge is 0.254 e. The summed E-state index contributed by atoms with van der Waals surface area (Å²) in [4.78, 5) is 24.6. The predicted molar refractivity (Wildman–Crippen MR) is 88.0 cm³/mol. The van der Waals surface area contributed by atoms with Crippen LogP contribution in [0.1, 0.15) is 5.56 Å². The number of amides is 1. The van der Waals surface area contributed by atoms with Gasteiger partial charge in [0.05, 0.1) is 5.52 Å². The SMILES string of the molecule is Cc1cc2ccccc2n(CC(=O)Nc2ccc(F)cc2)c1=O. The summed E-state index contributed by atoms with van der Waals surface area (Å²) >= 11 is 0. The van der Waals surface area contributed by atoms with E-state index in [2.05, 4.69) is 5.32 Å². The van der Waals surface area contributed by atoms with Crippen LogP contribution in [0.2, 0.25) is 0 Å². The summed E-state index contributed by atoms with van der Waals surface area (Å²) in [6.07, 6.45) is 0. The number of aryl methyl sites for hydroxylation is 1. The van der Waals surface area contributed by atoms with Gasteiger partial charge < -0.3 is 5.32 Å². The van der Waals surface area contributed by atoms with E-state index in [0.29, 0.717) is 16.8 Å². The maximum absolute atomic E-state index is 12.9. The second kappa shape index (κ2) is 6.04. The van der Waals surface area contributed by atoms with Crippen molar-refractivity contribution in [2.75, 3.05) is 5.32 Å². The molecule has 0 atom stereocenters. The molecule has 5 heteroatoms. The number of benzene rings is 2. The molecule has 1 amide bonds. The zero-order valence-electron chi connectivity index (χ0n) is 12.5. The molecule has 0 aliphatic heterocycles. The van der Waals surface area contributed by atoms with E-state index < -0.39 is 0 Å². The number of fused-ring (bicyclic) bond motifs is 1. The van der Waals surface area contributed by atoms with Gasteiger partial charge in [0, 0.05) is 11.3 Å². The third-order valence-electron chi connectivity index (χ3n) is 3.61. The fraction of sp³-hybridized carbons (Fsp3) is 0.111. The van der Waals surface area contributed by atoms with Crippen LogP contribution in [0.3, 0.4) is 0 Å². The zero-order chi connectivity index (χ0) is 16.4. The number of nitrogens with zero attached hydrogens (tertiary/aromatic N) is 1. The highest BCUT2D eigenvalue weighted by Gasteiger charge is 2.10. The normalized spacial score (nSPS) is 10.7. The highest BCUT2D eigenvalue weighted by Crippen LogP contribution is 2.13. The Hall–Kier alpha value is -2.95. The van der Waals surface area contributed by atoms with E-state index in [-0.39, 0.29) is 23.8 Å². The largest absolute Gasteiger partial charge is 0.325 e. The molecule has 0 fully saturated rings. The van der Waals surface area contributed by atoms with E-state index >= 15 is 0 Å². The van der Waals surface area contributed by atoms with E-state index in [1.165, 1.54) is 28.8 Å². The number of carbonyl (C=O) groups is 1. The Kier molecular flexibility index (Phi) is 3.93. The Morgan fingerprint density at radius 1 is 1.13 bits per heavy atom. The van der Waals surface area contributed by atoms with Gasteiger partial charge in [0.2, 0.25) is 5.91 Å². The van der Waals surface area contributed by atoms with Crippen molar-refractivity contribution in [3.63, 3.8) is 0 Å². The van der Waals surface area contributed by atoms with Crippen LogP contribution in [-0.4, -0.2) is 10.5 Å². The summed E-state index contributed by atoms with van der Waals surface area (Å²) in [7, 11) is 0. The Bertz CT molecular complexity index is 930. The van der Waals surface area contributed by atoms with Gasteiger partial charge in [0.15, 0.2) is 0 Å². The molecule has 1 aromatic heterocycles. The monoisotopic (exact) mass is 310 g/mol. The molecule has 1 heterocycles. The van der Waals surface area contributed by atoms with E-state index in [1.54, 1.807) is 13.0 Å². The highest BCUT2D eigenvalue weighted by molar-refractivity contribution is 5.91. The molecule has 0 unspecified atom stereocenters. The molecule has 4 nitrogen and oxygen atoms in total. The lowest BCUT2D eigenvalue weighted by Crippen LogP contribution is -2.29. The summed E-state index contributed by atoms with van der Waals surface area (Å²) < 4.78 is 14.3.